The van der Waals surface area contributed by atoms with Crippen molar-refractivity contribution in [1.82, 2.24) is 9.97 Å². The molecule has 2 saturated carbocycles. The third-order valence-electron chi connectivity index (χ3n) is 3.50. The van der Waals surface area contributed by atoms with Gasteiger partial charge in [0.2, 0.25) is 0 Å². The van der Waals surface area contributed by atoms with E-state index in [1.54, 1.807) is 24.2 Å². The van der Waals surface area contributed by atoms with Crippen LogP contribution in [0.1, 0.15) is 19.3 Å². The van der Waals surface area contributed by atoms with Gasteiger partial charge in [0.05, 0.1) is 11.0 Å². The Morgan fingerprint density at radius 1 is 1.31 bits per heavy atom. The first-order valence-corrected chi connectivity index (χ1v) is 6.42. The van der Waals surface area contributed by atoms with Crippen LogP contribution in [0, 0.1) is 11.8 Å². The van der Waals surface area contributed by atoms with Gasteiger partial charge in [-0.05, 0) is 31.2 Å². The van der Waals surface area contributed by atoms with E-state index >= 15 is 0 Å². The van der Waals surface area contributed by atoms with Crippen LogP contribution in [0.15, 0.2) is 28.8 Å². The molecule has 1 heterocycles. The minimum Gasteiger partial charge on any atom is -0.411 e. The lowest BCUT2D eigenvalue weighted by Gasteiger charge is -2.20. The third kappa shape index (κ3) is 1.59. The van der Waals surface area contributed by atoms with Crippen LogP contribution in [0.2, 0.25) is 0 Å². The topological polar surface area (TPSA) is 58.4 Å². The highest BCUT2D eigenvalue weighted by Gasteiger charge is 2.46. The summed E-state index contributed by atoms with van der Waals surface area (Å²) in [5, 5.41) is 13.6. The molecule has 2 aliphatic carbocycles. The smallest absolute Gasteiger partial charge is 0.188 e. The molecule has 84 valence electrons. The summed E-state index contributed by atoms with van der Waals surface area (Å²) in [6, 6.07) is 1.81. The fourth-order valence-corrected chi connectivity index (χ4v) is 4.06. The summed E-state index contributed by atoms with van der Waals surface area (Å²) in [5.74, 6) is 1.14. The summed E-state index contributed by atoms with van der Waals surface area (Å²) in [6.45, 7) is 0. The predicted molar refractivity (Wildman–Crippen MR) is 61.7 cm³/mol. The molecule has 2 aliphatic rings. The van der Waals surface area contributed by atoms with Crippen LogP contribution >= 0.6 is 11.8 Å². The molecule has 2 bridgehead atoms. The minimum atomic E-state index is 0.283. The Kier molecular flexibility index (Phi) is 2.55. The highest BCUT2D eigenvalue weighted by atomic mass is 32.2. The van der Waals surface area contributed by atoms with Crippen molar-refractivity contribution < 1.29 is 5.21 Å². The SMILES string of the molecule is ON=C1C2CCC(C2)C1Sc1ncccn1. The third-order valence-corrected chi connectivity index (χ3v) is 4.80. The van der Waals surface area contributed by atoms with Crippen molar-refractivity contribution in [2.75, 3.05) is 0 Å². The molecule has 0 saturated heterocycles. The number of thioether (sulfide) groups is 1. The predicted octanol–water partition coefficient (Wildman–Crippen LogP) is 2.20. The first-order valence-electron chi connectivity index (χ1n) is 5.54. The number of fused-ring (bicyclic) bond motifs is 2. The molecule has 0 aliphatic heterocycles. The number of hydrogen-bond donors (Lipinski definition) is 1. The lowest BCUT2D eigenvalue weighted by atomic mass is 9.98. The Bertz CT molecular complexity index is 409. The number of oxime groups is 1. The van der Waals surface area contributed by atoms with Crippen LogP contribution in [0.3, 0.4) is 0 Å². The summed E-state index contributed by atoms with van der Waals surface area (Å²) in [4.78, 5) is 8.42. The summed E-state index contributed by atoms with van der Waals surface area (Å²) >= 11 is 1.63. The van der Waals surface area contributed by atoms with Gasteiger partial charge in [-0.1, -0.05) is 16.9 Å². The van der Waals surface area contributed by atoms with Crippen LogP contribution in [-0.4, -0.2) is 26.1 Å². The van der Waals surface area contributed by atoms with Gasteiger partial charge in [0, 0.05) is 18.3 Å². The van der Waals surface area contributed by atoms with Gasteiger partial charge in [0.1, 0.15) is 0 Å². The average Bonchev–Trinajstić information content (AvgIpc) is 2.91. The Balaban J connectivity index is 1.80. The van der Waals surface area contributed by atoms with Gasteiger partial charge < -0.3 is 5.21 Å². The van der Waals surface area contributed by atoms with Crippen molar-refractivity contribution in [2.24, 2.45) is 17.0 Å². The molecule has 3 unspecified atom stereocenters. The van der Waals surface area contributed by atoms with Gasteiger partial charge >= 0.3 is 0 Å². The monoisotopic (exact) mass is 235 g/mol. The lowest BCUT2D eigenvalue weighted by Crippen LogP contribution is -2.25. The standard InChI is InChI=1S/C11H13N3OS/c15-14-9-7-2-3-8(6-7)10(9)16-11-12-4-1-5-13-11/h1,4-5,7-8,10,15H,2-3,6H2. The van der Waals surface area contributed by atoms with Gasteiger partial charge in [0.25, 0.3) is 0 Å². The maximum atomic E-state index is 9.07. The molecule has 0 spiro atoms. The minimum absolute atomic E-state index is 0.283. The van der Waals surface area contributed by atoms with E-state index in [9.17, 15) is 0 Å². The number of rotatable bonds is 2. The van der Waals surface area contributed by atoms with Crippen LogP contribution < -0.4 is 0 Å². The largest absolute Gasteiger partial charge is 0.411 e. The van der Waals surface area contributed by atoms with Gasteiger partial charge in [0.15, 0.2) is 5.16 Å². The van der Waals surface area contributed by atoms with Crippen molar-refractivity contribution in [1.29, 1.82) is 0 Å². The highest BCUT2D eigenvalue weighted by Crippen LogP contribution is 2.48. The summed E-state index contributed by atoms with van der Waals surface area (Å²) in [5.41, 5.74) is 0.953. The normalized spacial score (nSPS) is 34.8. The van der Waals surface area contributed by atoms with Crippen LogP contribution in [0.25, 0.3) is 0 Å². The second kappa shape index (κ2) is 4.05. The van der Waals surface area contributed by atoms with E-state index < -0.39 is 0 Å². The fraction of sp³-hybridized carbons (Fsp3) is 0.545. The Morgan fingerprint density at radius 2 is 2.12 bits per heavy atom. The molecular weight excluding hydrogens is 222 g/mol. The molecule has 1 aromatic rings. The van der Waals surface area contributed by atoms with E-state index in [1.165, 1.54) is 19.3 Å². The maximum absolute atomic E-state index is 9.07. The van der Waals surface area contributed by atoms with E-state index in [0.29, 0.717) is 11.8 Å². The maximum Gasteiger partial charge on any atom is 0.188 e. The highest BCUT2D eigenvalue weighted by molar-refractivity contribution is 8.00. The molecule has 1 aromatic heterocycles. The molecule has 3 rings (SSSR count). The van der Waals surface area contributed by atoms with Gasteiger partial charge in [-0.3, -0.25) is 0 Å². The summed E-state index contributed by atoms with van der Waals surface area (Å²) in [7, 11) is 0. The van der Waals surface area contributed by atoms with E-state index in [1.807, 2.05) is 6.07 Å². The molecule has 0 aromatic carbocycles. The molecule has 0 amide bonds. The second-order valence-electron chi connectivity index (χ2n) is 4.36. The number of nitrogens with zero attached hydrogens (tertiary/aromatic N) is 3. The quantitative estimate of drug-likeness (QED) is 0.485. The van der Waals surface area contributed by atoms with E-state index in [-0.39, 0.29) is 5.25 Å². The van der Waals surface area contributed by atoms with E-state index in [2.05, 4.69) is 15.1 Å². The molecule has 4 nitrogen and oxygen atoms in total. The van der Waals surface area contributed by atoms with Crippen LogP contribution in [-0.2, 0) is 0 Å². The summed E-state index contributed by atoms with van der Waals surface area (Å²) in [6.07, 6.45) is 7.09. The van der Waals surface area contributed by atoms with E-state index in [0.717, 1.165) is 10.9 Å². The molecule has 0 radical (unpaired) electrons. The zero-order chi connectivity index (χ0) is 11.0. The van der Waals surface area contributed by atoms with Gasteiger partial charge in [-0.2, -0.15) is 0 Å². The molecular formula is C11H13N3OS. The van der Waals surface area contributed by atoms with Gasteiger partial charge in [-0.15, -0.1) is 0 Å². The zero-order valence-electron chi connectivity index (χ0n) is 8.78. The number of hydrogen-bond acceptors (Lipinski definition) is 5. The first-order chi connectivity index (χ1) is 7.88. The van der Waals surface area contributed by atoms with Crippen LogP contribution in [0.5, 0.6) is 0 Å². The second-order valence-corrected chi connectivity index (χ2v) is 5.47. The van der Waals surface area contributed by atoms with Crippen molar-refractivity contribution in [3.63, 3.8) is 0 Å². The van der Waals surface area contributed by atoms with E-state index in [4.69, 9.17) is 5.21 Å². The molecule has 16 heavy (non-hydrogen) atoms. The first kappa shape index (κ1) is 10.1. The molecule has 2 fully saturated rings. The summed E-state index contributed by atoms with van der Waals surface area (Å²) < 4.78 is 0. The van der Waals surface area contributed by atoms with Gasteiger partial charge in [-0.25, -0.2) is 9.97 Å². The van der Waals surface area contributed by atoms with Crippen molar-refractivity contribution in [3.8, 4) is 0 Å². The fourth-order valence-electron chi connectivity index (χ4n) is 2.79. The average molecular weight is 235 g/mol. The van der Waals surface area contributed by atoms with Crippen molar-refractivity contribution >= 4 is 17.5 Å². The Labute approximate surface area is 98.2 Å². The Morgan fingerprint density at radius 3 is 2.88 bits per heavy atom. The Hall–Kier alpha value is -1.10. The zero-order valence-corrected chi connectivity index (χ0v) is 9.60. The molecule has 1 N–H and O–H groups in total. The molecule has 3 atom stereocenters. The number of aromatic nitrogens is 2. The van der Waals surface area contributed by atoms with Crippen molar-refractivity contribution in [2.45, 2.75) is 29.7 Å². The lowest BCUT2D eigenvalue weighted by molar-refractivity contribution is 0.314. The van der Waals surface area contributed by atoms with Crippen LogP contribution in [0.4, 0.5) is 0 Å². The molecule has 5 heteroatoms. The van der Waals surface area contributed by atoms with Crippen molar-refractivity contribution in [3.05, 3.63) is 18.5 Å².